The Morgan fingerprint density at radius 2 is 1.30 bits per heavy atom. The Morgan fingerprint density at radius 3 is 1.88 bits per heavy atom. The minimum atomic E-state index is -0.612. The highest BCUT2D eigenvalue weighted by molar-refractivity contribution is 5.74. The maximum absolute atomic E-state index is 13.5. The minimum Gasteiger partial charge on any atom is -0.461 e. The number of rotatable bonds is 11. The number of ether oxygens (including phenoxy) is 2. The third-order valence-electron chi connectivity index (χ3n) is 12.1. The zero-order valence-electron chi connectivity index (χ0n) is 26.6. The van der Waals surface area contributed by atoms with Crippen LogP contribution in [0.1, 0.15) is 156 Å². The molecule has 0 amide bonds. The summed E-state index contributed by atoms with van der Waals surface area (Å²) in [7, 11) is 0. The lowest BCUT2D eigenvalue weighted by molar-refractivity contribution is -0.183. The summed E-state index contributed by atoms with van der Waals surface area (Å²) < 4.78 is 12.4. The van der Waals surface area contributed by atoms with Crippen LogP contribution in [0.4, 0.5) is 0 Å². The maximum atomic E-state index is 13.5. The first-order chi connectivity index (χ1) is 19.3. The predicted molar refractivity (Wildman–Crippen MR) is 163 cm³/mol. The van der Waals surface area contributed by atoms with Crippen LogP contribution in [-0.2, 0) is 19.1 Å². The Hall–Kier alpha value is -1.06. The van der Waals surface area contributed by atoms with E-state index in [9.17, 15) is 9.59 Å². The Balaban J connectivity index is 1.23. The molecule has 0 radical (unpaired) electrons. The molecule has 0 N–H and O–H groups in total. The van der Waals surface area contributed by atoms with Gasteiger partial charge in [0.2, 0.25) is 0 Å². The highest BCUT2D eigenvalue weighted by Crippen LogP contribution is 2.42. The van der Waals surface area contributed by atoms with Gasteiger partial charge < -0.3 is 9.47 Å². The first-order valence-corrected chi connectivity index (χ1v) is 17.7. The van der Waals surface area contributed by atoms with E-state index in [4.69, 9.17) is 9.47 Å². The zero-order chi connectivity index (χ0) is 28.5. The summed E-state index contributed by atoms with van der Waals surface area (Å²) in [6.45, 7) is 9.54. The molecule has 4 aliphatic rings. The van der Waals surface area contributed by atoms with Gasteiger partial charge in [0.1, 0.15) is 12.2 Å². The van der Waals surface area contributed by atoms with E-state index in [0.717, 1.165) is 87.4 Å². The monoisotopic (exact) mass is 558 g/mol. The van der Waals surface area contributed by atoms with Gasteiger partial charge in [-0.1, -0.05) is 59.8 Å². The second-order valence-electron chi connectivity index (χ2n) is 15.1. The van der Waals surface area contributed by atoms with Crippen molar-refractivity contribution in [1.29, 1.82) is 0 Å². The van der Waals surface area contributed by atoms with Gasteiger partial charge in [0, 0.05) is 0 Å². The lowest BCUT2D eigenvalue weighted by Gasteiger charge is -2.38. The summed E-state index contributed by atoms with van der Waals surface area (Å²) in [5.74, 6) is 4.84. The summed E-state index contributed by atoms with van der Waals surface area (Å²) in [5, 5.41) is 0. The summed E-state index contributed by atoms with van der Waals surface area (Å²) in [5.41, 5.74) is -0.612. The topological polar surface area (TPSA) is 52.6 Å². The van der Waals surface area contributed by atoms with Crippen LogP contribution in [-0.4, -0.2) is 24.1 Å². The number of esters is 2. The van der Waals surface area contributed by atoms with Gasteiger partial charge in [-0.15, -0.1) is 0 Å². The third-order valence-corrected chi connectivity index (χ3v) is 12.1. The lowest BCUT2D eigenvalue weighted by atomic mass is 9.69. The van der Waals surface area contributed by atoms with E-state index in [2.05, 4.69) is 27.7 Å². The number of carbonyl (C=O) groups is 2. The van der Waals surface area contributed by atoms with E-state index >= 15 is 0 Å². The Morgan fingerprint density at radius 1 is 0.750 bits per heavy atom. The van der Waals surface area contributed by atoms with Crippen LogP contribution in [0.2, 0.25) is 0 Å². The molecule has 40 heavy (non-hydrogen) atoms. The SMILES string of the molecule is CCC(CCC(C)C1CCC(C)CC1)C(=O)OC1(COC(=O)C2CCC(C3CCC(C)CC3)CC2)CCCCC1. The number of carbonyl (C=O) groups excluding carboxylic acids is 2. The Kier molecular flexibility index (Phi) is 12.3. The van der Waals surface area contributed by atoms with Crippen LogP contribution in [0.15, 0.2) is 0 Å². The molecular formula is C36H62O4. The largest absolute Gasteiger partial charge is 0.461 e. The molecule has 0 saturated heterocycles. The van der Waals surface area contributed by atoms with Crippen LogP contribution in [0, 0.1) is 47.3 Å². The molecule has 2 atom stereocenters. The zero-order valence-corrected chi connectivity index (χ0v) is 26.6. The summed E-state index contributed by atoms with van der Waals surface area (Å²) in [4.78, 5) is 26.6. The van der Waals surface area contributed by atoms with Crippen molar-refractivity contribution in [2.45, 2.75) is 162 Å². The molecule has 0 aliphatic heterocycles. The van der Waals surface area contributed by atoms with Crippen molar-refractivity contribution in [2.75, 3.05) is 6.61 Å². The van der Waals surface area contributed by atoms with Gasteiger partial charge in [0.25, 0.3) is 0 Å². The summed E-state index contributed by atoms with van der Waals surface area (Å²) in [6.07, 6.45) is 23.0. The molecule has 0 bridgehead atoms. The third kappa shape index (κ3) is 8.97. The molecule has 4 saturated carbocycles. The van der Waals surface area contributed by atoms with Crippen LogP contribution in [0.25, 0.3) is 0 Å². The van der Waals surface area contributed by atoms with Gasteiger partial charge in [-0.2, -0.15) is 0 Å². The highest BCUT2D eigenvalue weighted by Gasteiger charge is 2.40. The molecule has 0 aromatic rings. The standard InChI is InChI=1S/C36H62O4/c1-5-29(18-13-28(4)30-14-9-26(2)10-15-30)35(38)40-36(23-7-6-8-24-36)25-39-34(37)33-21-19-32(20-22-33)31-16-11-27(3)12-17-31/h26-33H,5-25H2,1-4H3. The van der Waals surface area contributed by atoms with E-state index in [-0.39, 0.29) is 30.4 Å². The van der Waals surface area contributed by atoms with Gasteiger partial charge >= 0.3 is 11.9 Å². The molecule has 2 unspecified atom stereocenters. The molecule has 4 nitrogen and oxygen atoms in total. The van der Waals surface area contributed by atoms with Gasteiger partial charge in [0.05, 0.1) is 11.8 Å². The molecule has 4 rings (SSSR count). The average molecular weight is 559 g/mol. The molecule has 230 valence electrons. The first-order valence-electron chi connectivity index (χ1n) is 17.7. The molecular weight excluding hydrogens is 496 g/mol. The number of hydrogen-bond donors (Lipinski definition) is 0. The molecule has 0 spiro atoms. The summed E-state index contributed by atoms with van der Waals surface area (Å²) >= 11 is 0. The maximum Gasteiger partial charge on any atom is 0.309 e. The second kappa shape index (κ2) is 15.4. The van der Waals surface area contributed by atoms with Crippen molar-refractivity contribution in [2.24, 2.45) is 47.3 Å². The van der Waals surface area contributed by atoms with Crippen molar-refractivity contribution in [3.63, 3.8) is 0 Å². The Labute approximate surface area is 246 Å². The van der Waals surface area contributed by atoms with E-state index in [0.29, 0.717) is 5.92 Å². The first kappa shape index (κ1) is 31.9. The smallest absolute Gasteiger partial charge is 0.309 e. The number of hydrogen-bond acceptors (Lipinski definition) is 4. The fourth-order valence-electron chi connectivity index (χ4n) is 8.72. The normalized spacial score (nSPS) is 34.4. The predicted octanol–water partition coefficient (Wildman–Crippen LogP) is 9.68. The van der Waals surface area contributed by atoms with E-state index < -0.39 is 5.60 Å². The van der Waals surface area contributed by atoms with Crippen LogP contribution in [0.5, 0.6) is 0 Å². The van der Waals surface area contributed by atoms with Crippen LogP contribution in [0.3, 0.4) is 0 Å². The van der Waals surface area contributed by atoms with Crippen molar-refractivity contribution in [3.05, 3.63) is 0 Å². The minimum absolute atomic E-state index is 0.0303. The van der Waals surface area contributed by atoms with Crippen LogP contribution >= 0.6 is 0 Å². The van der Waals surface area contributed by atoms with Gasteiger partial charge in [0.15, 0.2) is 0 Å². The van der Waals surface area contributed by atoms with Gasteiger partial charge in [-0.3, -0.25) is 9.59 Å². The van der Waals surface area contributed by atoms with Gasteiger partial charge in [-0.05, 0) is 132 Å². The molecule has 4 fully saturated rings. The van der Waals surface area contributed by atoms with E-state index in [1.54, 1.807) is 0 Å². The van der Waals surface area contributed by atoms with Crippen molar-refractivity contribution in [3.8, 4) is 0 Å². The highest BCUT2D eigenvalue weighted by atomic mass is 16.6. The summed E-state index contributed by atoms with van der Waals surface area (Å²) in [6, 6.07) is 0. The lowest BCUT2D eigenvalue weighted by Crippen LogP contribution is -2.44. The molecule has 0 heterocycles. The molecule has 4 aliphatic carbocycles. The average Bonchev–Trinajstić information content (AvgIpc) is 2.97. The second-order valence-corrected chi connectivity index (χ2v) is 15.1. The van der Waals surface area contributed by atoms with Gasteiger partial charge in [-0.25, -0.2) is 0 Å². The molecule has 4 heteroatoms. The van der Waals surface area contributed by atoms with Crippen molar-refractivity contribution < 1.29 is 19.1 Å². The Bertz CT molecular complexity index is 762. The van der Waals surface area contributed by atoms with Crippen molar-refractivity contribution >= 4 is 11.9 Å². The fraction of sp³-hybridized carbons (Fsp3) is 0.944. The fourth-order valence-corrected chi connectivity index (χ4v) is 8.72. The van der Waals surface area contributed by atoms with E-state index in [1.807, 2.05) is 0 Å². The quantitative estimate of drug-likeness (QED) is 0.237. The van der Waals surface area contributed by atoms with E-state index in [1.165, 1.54) is 70.6 Å². The molecule has 0 aromatic heterocycles. The molecule has 0 aromatic carbocycles. The van der Waals surface area contributed by atoms with Crippen LogP contribution < -0.4 is 0 Å². The van der Waals surface area contributed by atoms with Crippen molar-refractivity contribution in [1.82, 2.24) is 0 Å².